The number of carbonyl (C=O) groups is 1. The first-order valence-corrected chi connectivity index (χ1v) is 6.57. The first-order valence-electron chi connectivity index (χ1n) is 6.57. The molecule has 3 heteroatoms. The maximum atomic E-state index is 11.1. The Bertz CT molecular complexity index is 226. The Kier molecular flexibility index (Phi) is 5.26. The zero-order chi connectivity index (χ0) is 12.1. The number of carboxylic acids is 1. The highest BCUT2D eigenvalue weighted by Gasteiger charge is 2.37. The van der Waals surface area contributed by atoms with Gasteiger partial charge in [0.1, 0.15) is 6.04 Å². The van der Waals surface area contributed by atoms with Gasteiger partial charge in [-0.3, -0.25) is 4.79 Å². The lowest BCUT2D eigenvalue weighted by atomic mass is 9.96. The maximum Gasteiger partial charge on any atom is 0.320 e. The highest BCUT2D eigenvalue weighted by Crippen LogP contribution is 2.33. The van der Waals surface area contributed by atoms with Crippen molar-refractivity contribution in [1.29, 1.82) is 0 Å². The Morgan fingerprint density at radius 1 is 1.38 bits per heavy atom. The van der Waals surface area contributed by atoms with Gasteiger partial charge in [0.15, 0.2) is 0 Å². The lowest BCUT2D eigenvalue weighted by Gasteiger charge is -2.24. The minimum atomic E-state index is -0.676. The summed E-state index contributed by atoms with van der Waals surface area (Å²) in [6, 6.07) is 0.0469. The molecule has 1 fully saturated rings. The molecule has 94 valence electrons. The van der Waals surface area contributed by atoms with Crippen LogP contribution in [-0.4, -0.2) is 23.2 Å². The Morgan fingerprint density at radius 2 is 2.00 bits per heavy atom. The van der Waals surface area contributed by atoms with Crippen LogP contribution in [0.25, 0.3) is 0 Å². The highest BCUT2D eigenvalue weighted by molar-refractivity contribution is 5.74. The Morgan fingerprint density at radius 3 is 2.38 bits per heavy atom. The molecule has 3 unspecified atom stereocenters. The van der Waals surface area contributed by atoms with Crippen LogP contribution in [0.4, 0.5) is 0 Å². The summed E-state index contributed by atoms with van der Waals surface area (Å²) >= 11 is 0. The molecule has 1 rings (SSSR count). The number of hydrogen-bond donors (Lipinski definition) is 2. The molecule has 0 aromatic rings. The van der Waals surface area contributed by atoms with E-state index in [0.29, 0.717) is 17.9 Å². The van der Waals surface area contributed by atoms with Gasteiger partial charge < -0.3 is 10.4 Å². The Labute approximate surface area is 98.6 Å². The van der Waals surface area contributed by atoms with Crippen molar-refractivity contribution >= 4 is 5.97 Å². The molecule has 0 aromatic carbocycles. The number of nitrogens with one attached hydrogen (secondary N) is 1. The monoisotopic (exact) mass is 227 g/mol. The first-order chi connectivity index (χ1) is 7.58. The fourth-order valence-corrected chi connectivity index (χ4v) is 2.10. The van der Waals surface area contributed by atoms with Gasteiger partial charge in [-0.25, -0.2) is 0 Å². The number of carboxylic acid groups (broad SMARTS) is 1. The largest absolute Gasteiger partial charge is 0.480 e. The van der Waals surface area contributed by atoms with E-state index in [0.717, 1.165) is 25.7 Å². The predicted molar refractivity (Wildman–Crippen MR) is 65.4 cm³/mol. The van der Waals surface area contributed by atoms with Gasteiger partial charge in [-0.05, 0) is 37.5 Å². The second-order valence-corrected chi connectivity index (χ2v) is 5.17. The lowest BCUT2D eigenvalue weighted by molar-refractivity contribution is -0.140. The fraction of sp³-hybridized carbons (Fsp3) is 0.923. The van der Waals surface area contributed by atoms with Crippen molar-refractivity contribution in [3.05, 3.63) is 0 Å². The van der Waals surface area contributed by atoms with Crippen LogP contribution in [0.1, 0.15) is 52.9 Å². The molecule has 0 amide bonds. The predicted octanol–water partition coefficient (Wildman–Crippen LogP) is 2.65. The molecule has 0 aliphatic heterocycles. The average molecular weight is 227 g/mol. The van der Waals surface area contributed by atoms with E-state index in [2.05, 4.69) is 26.1 Å². The first kappa shape index (κ1) is 13.5. The molecule has 0 saturated heterocycles. The van der Waals surface area contributed by atoms with Crippen molar-refractivity contribution in [2.24, 2.45) is 11.8 Å². The van der Waals surface area contributed by atoms with Crippen molar-refractivity contribution in [1.82, 2.24) is 5.32 Å². The second-order valence-electron chi connectivity index (χ2n) is 5.17. The number of aliphatic carboxylic acids is 1. The molecular formula is C13H25NO2. The SMILES string of the molecule is CCC(C)CC(CC)NC(C(=O)O)C1CC1. The van der Waals surface area contributed by atoms with E-state index in [4.69, 9.17) is 5.11 Å². The number of hydrogen-bond acceptors (Lipinski definition) is 2. The van der Waals surface area contributed by atoms with E-state index in [1.165, 1.54) is 6.42 Å². The molecule has 2 N–H and O–H groups in total. The van der Waals surface area contributed by atoms with E-state index in [1.807, 2.05) is 0 Å². The summed E-state index contributed by atoms with van der Waals surface area (Å²) in [5, 5.41) is 12.5. The van der Waals surface area contributed by atoms with Crippen LogP contribution in [0.3, 0.4) is 0 Å². The molecule has 3 nitrogen and oxygen atoms in total. The third-order valence-electron chi connectivity index (χ3n) is 3.65. The van der Waals surface area contributed by atoms with Gasteiger partial charge in [-0.2, -0.15) is 0 Å². The van der Waals surface area contributed by atoms with Crippen LogP contribution in [0, 0.1) is 11.8 Å². The lowest BCUT2D eigenvalue weighted by Crippen LogP contribution is -2.45. The summed E-state index contributed by atoms with van der Waals surface area (Å²) in [6.07, 6.45) is 5.41. The van der Waals surface area contributed by atoms with Crippen molar-refractivity contribution in [2.75, 3.05) is 0 Å². The quantitative estimate of drug-likeness (QED) is 0.670. The van der Waals surface area contributed by atoms with Gasteiger partial charge in [-0.1, -0.05) is 27.2 Å². The zero-order valence-electron chi connectivity index (χ0n) is 10.7. The molecule has 1 saturated carbocycles. The smallest absolute Gasteiger partial charge is 0.320 e. The van der Waals surface area contributed by atoms with Gasteiger partial charge in [0.25, 0.3) is 0 Å². The summed E-state index contributed by atoms with van der Waals surface area (Å²) in [6.45, 7) is 6.55. The molecule has 1 aliphatic rings. The second kappa shape index (κ2) is 6.24. The summed E-state index contributed by atoms with van der Waals surface area (Å²) in [4.78, 5) is 11.1. The minimum absolute atomic E-state index is 0.311. The minimum Gasteiger partial charge on any atom is -0.480 e. The van der Waals surface area contributed by atoms with Crippen LogP contribution in [0.5, 0.6) is 0 Å². The topological polar surface area (TPSA) is 49.3 Å². The molecular weight excluding hydrogens is 202 g/mol. The van der Waals surface area contributed by atoms with Crippen LogP contribution in [-0.2, 0) is 4.79 Å². The molecule has 0 heterocycles. The summed E-state index contributed by atoms with van der Waals surface area (Å²) in [5.74, 6) is 0.375. The summed E-state index contributed by atoms with van der Waals surface area (Å²) < 4.78 is 0. The summed E-state index contributed by atoms with van der Waals surface area (Å²) in [7, 11) is 0. The normalized spacial score (nSPS) is 21.4. The van der Waals surface area contributed by atoms with Gasteiger partial charge >= 0.3 is 5.97 Å². The standard InChI is InChI=1S/C13H25NO2/c1-4-9(3)8-11(5-2)14-12(13(15)16)10-6-7-10/h9-12,14H,4-8H2,1-3H3,(H,15,16). The highest BCUT2D eigenvalue weighted by atomic mass is 16.4. The fourth-order valence-electron chi connectivity index (χ4n) is 2.10. The zero-order valence-corrected chi connectivity index (χ0v) is 10.7. The van der Waals surface area contributed by atoms with Crippen LogP contribution in [0.2, 0.25) is 0 Å². The molecule has 1 aliphatic carbocycles. The van der Waals surface area contributed by atoms with Crippen LogP contribution < -0.4 is 5.32 Å². The molecule has 3 atom stereocenters. The Hall–Kier alpha value is -0.570. The van der Waals surface area contributed by atoms with E-state index in [9.17, 15) is 4.79 Å². The third-order valence-corrected chi connectivity index (χ3v) is 3.65. The van der Waals surface area contributed by atoms with E-state index in [-0.39, 0.29) is 6.04 Å². The van der Waals surface area contributed by atoms with Crippen molar-refractivity contribution < 1.29 is 9.90 Å². The van der Waals surface area contributed by atoms with Crippen molar-refractivity contribution in [3.8, 4) is 0 Å². The third kappa shape index (κ3) is 4.12. The van der Waals surface area contributed by atoms with Crippen molar-refractivity contribution in [3.63, 3.8) is 0 Å². The van der Waals surface area contributed by atoms with E-state index in [1.54, 1.807) is 0 Å². The maximum absolute atomic E-state index is 11.1. The van der Waals surface area contributed by atoms with Gasteiger partial charge in [0, 0.05) is 6.04 Å². The molecule has 0 bridgehead atoms. The number of rotatable bonds is 8. The van der Waals surface area contributed by atoms with Crippen LogP contribution in [0.15, 0.2) is 0 Å². The van der Waals surface area contributed by atoms with Crippen LogP contribution >= 0.6 is 0 Å². The molecule has 0 spiro atoms. The Balaban J connectivity index is 2.43. The summed E-state index contributed by atoms with van der Waals surface area (Å²) in [5.41, 5.74) is 0. The molecule has 0 radical (unpaired) electrons. The van der Waals surface area contributed by atoms with Crippen molar-refractivity contribution in [2.45, 2.75) is 65.0 Å². The van der Waals surface area contributed by atoms with E-state index >= 15 is 0 Å². The molecule has 0 aromatic heterocycles. The van der Waals surface area contributed by atoms with Gasteiger partial charge in [0.05, 0.1) is 0 Å². The van der Waals surface area contributed by atoms with Gasteiger partial charge in [0.2, 0.25) is 0 Å². The van der Waals surface area contributed by atoms with E-state index < -0.39 is 5.97 Å². The average Bonchev–Trinajstić information content (AvgIpc) is 3.06. The molecule has 16 heavy (non-hydrogen) atoms. The van der Waals surface area contributed by atoms with Gasteiger partial charge in [-0.15, -0.1) is 0 Å².